The topological polar surface area (TPSA) is 61.8 Å². The van der Waals surface area contributed by atoms with Crippen LogP contribution in [0.5, 0.6) is 11.5 Å². The molecule has 0 spiro atoms. The van der Waals surface area contributed by atoms with Gasteiger partial charge in [-0.2, -0.15) is 0 Å². The summed E-state index contributed by atoms with van der Waals surface area (Å²) in [5.41, 5.74) is 8.31. The van der Waals surface area contributed by atoms with Crippen LogP contribution in [0.15, 0.2) is 48.8 Å². The smallest absolute Gasteiger partial charge is 0.179 e. The Labute approximate surface area is 142 Å². The lowest BCUT2D eigenvalue weighted by atomic mass is 10.2. The quantitative estimate of drug-likeness (QED) is 0.529. The first kappa shape index (κ1) is 16.2. The lowest BCUT2D eigenvalue weighted by Gasteiger charge is -2.09. The highest BCUT2D eigenvalue weighted by atomic mass is 16.5. The van der Waals surface area contributed by atoms with Crippen LogP contribution < -0.4 is 15.2 Å². The van der Waals surface area contributed by atoms with Crippen molar-refractivity contribution >= 4 is 11.3 Å². The third-order valence-corrected chi connectivity index (χ3v) is 3.75. The molecule has 0 amide bonds. The minimum atomic E-state index is 0.394. The number of benzene rings is 1. The van der Waals surface area contributed by atoms with E-state index in [0.29, 0.717) is 19.1 Å². The van der Waals surface area contributed by atoms with Crippen molar-refractivity contribution in [2.24, 2.45) is 0 Å². The fraction of sp³-hybridized carbons (Fsp3) is 0.316. The van der Waals surface area contributed by atoms with E-state index in [1.807, 2.05) is 47.0 Å². The minimum absolute atomic E-state index is 0.394. The minimum Gasteiger partial charge on any atom is -0.493 e. The normalized spacial score (nSPS) is 11.1. The van der Waals surface area contributed by atoms with E-state index in [0.717, 1.165) is 34.9 Å². The lowest BCUT2D eigenvalue weighted by Crippen LogP contribution is -2.05. The van der Waals surface area contributed by atoms with E-state index in [4.69, 9.17) is 15.2 Å². The second-order valence-electron chi connectivity index (χ2n) is 6.04. The standard InChI is InChI=1S/C19H23N3O2/c1-14(2)17-13-22-10-3-5-18(19(22)21-17)24-12-4-11-23-16-8-6-15(20)7-9-16/h3,5-10,13-14H,4,11-12,20H2,1-2H3. The molecule has 0 bridgehead atoms. The molecule has 2 N–H and O–H groups in total. The molecule has 2 aromatic heterocycles. The fourth-order valence-electron chi connectivity index (χ4n) is 2.39. The number of ether oxygens (including phenoxy) is 2. The highest BCUT2D eigenvalue weighted by Gasteiger charge is 2.09. The van der Waals surface area contributed by atoms with Gasteiger partial charge in [0, 0.05) is 24.5 Å². The maximum absolute atomic E-state index is 5.89. The molecule has 0 saturated heterocycles. The largest absolute Gasteiger partial charge is 0.493 e. The average Bonchev–Trinajstić information content (AvgIpc) is 3.01. The Kier molecular flexibility index (Phi) is 4.89. The van der Waals surface area contributed by atoms with Crippen LogP contribution in [0.2, 0.25) is 0 Å². The summed E-state index contributed by atoms with van der Waals surface area (Å²) in [5, 5.41) is 0. The third-order valence-electron chi connectivity index (χ3n) is 3.75. The van der Waals surface area contributed by atoms with Gasteiger partial charge in [0.15, 0.2) is 11.4 Å². The van der Waals surface area contributed by atoms with Crippen molar-refractivity contribution in [2.45, 2.75) is 26.2 Å². The number of imidazole rings is 1. The van der Waals surface area contributed by atoms with Gasteiger partial charge in [0.2, 0.25) is 0 Å². The molecule has 0 radical (unpaired) electrons. The van der Waals surface area contributed by atoms with Gasteiger partial charge in [-0.05, 0) is 42.3 Å². The van der Waals surface area contributed by atoms with Crippen molar-refractivity contribution in [1.29, 1.82) is 0 Å². The van der Waals surface area contributed by atoms with E-state index < -0.39 is 0 Å². The second kappa shape index (κ2) is 7.25. The number of nitrogens with two attached hydrogens (primary N) is 1. The number of rotatable bonds is 7. The molecule has 5 nitrogen and oxygen atoms in total. The first-order valence-corrected chi connectivity index (χ1v) is 8.22. The van der Waals surface area contributed by atoms with Crippen molar-refractivity contribution in [3.05, 3.63) is 54.5 Å². The number of hydrogen-bond donors (Lipinski definition) is 1. The summed E-state index contributed by atoms with van der Waals surface area (Å²) in [4.78, 5) is 4.66. The molecule has 0 unspecified atom stereocenters. The Balaban J connectivity index is 1.53. The van der Waals surface area contributed by atoms with Crippen LogP contribution in [0.25, 0.3) is 5.65 Å². The van der Waals surface area contributed by atoms with Gasteiger partial charge in [-0.15, -0.1) is 0 Å². The second-order valence-corrected chi connectivity index (χ2v) is 6.04. The maximum atomic E-state index is 5.89. The summed E-state index contributed by atoms with van der Waals surface area (Å²) < 4.78 is 13.6. The van der Waals surface area contributed by atoms with Crippen LogP contribution in [0.1, 0.15) is 31.9 Å². The van der Waals surface area contributed by atoms with E-state index >= 15 is 0 Å². The van der Waals surface area contributed by atoms with Crippen molar-refractivity contribution < 1.29 is 9.47 Å². The molecular formula is C19H23N3O2. The summed E-state index contributed by atoms with van der Waals surface area (Å²) in [6, 6.07) is 11.3. The van der Waals surface area contributed by atoms with E-state index in [1.54, 1.807) is 0 Å². The van der Waals surface area contributed by atoms with Gasteiger partial charge in [-0.25, -0.2) is 4.98 Å². The molecule has 0 aliphatic heterocycles. The SMILES string of the molecule is CC(C)c1cn2cccc(OCCCOc3ccc(N)cc3)c2n1. The van der Waals surface area contributed by atoms with Gasteiger partial charge >= 0.3 is 0 Å². The number of hydrogen-bond acceptors (Lipinski definition) is 4. The first-order valence-electron chi connectivity index (χ1n) is 8.22. The number of fused-ring (bicyclic) bond motifs is 1. The molecular weight excluding hydrogens is 302 g/mol. The highest BCUT2D eigenvalue weighted by Crippen LogP contribution is 2.22. The molecule has 0 atom stereocenters. The van der Waals surface area contributed by atoms with Crippen LogP contribution in [0.3, 0.4) is 0 Å². The van der Waals surface area contributed by atoms with Crippen LogP contribution in [0, 0.1) is 0 Å². The Morgan fingerprint density at radius 2 is 1.83 bits per heavy atom. The fourth-order valence-corrected chi connectivity index (χ4v) is 2.39. The van der Waals surface area contributed by atoms with Gasteiger partial charge in [-0.1, -0.05) is 13.8 Å². The van der Waals surface area contributed by atoms with E-state index in [1.165, 1.54) is 0 Å². The molecule has 0 saturated carbocycles. The molecule has 2 heterocycles. The summed E-state index contributed by atoms with van der Waals surface area (Å²) in [6.45, 7) is 5.45. The zero-order valence-electron chi connectivity index (χ0n) is 14.1. The zero-order chi connectivity index (χ0) is 16.9. The number of anilines is 1. The Bertz CT molecular complexity index is 794. The van der Waals surface area contributed by atoms with Crippen molar-refractivity contribution in [2.75, 3.05) is 18.9 Å². The first-order chi connectivity index (χ1) is 11.6. The van der Waals surface area contributed by atoms with Crippen LogP contribution in [-0.2, 0) is 0 Å². The number of nitrogens with zero attached hydrogens (tertiary/aromatic N) is 2. The van der Waals surface area contributed by atoms with Gasteiger partial charge in [-0.3, -0.25) is 0 Å². The molecule has 0 fully saturated rings. The van der Waals surface area contributed by atoms with Crippen LogP contribution in [0.4, 0.5) is 5.69 Å². The monoisotopic (exact) mass is 325 g/mol. The van der Waals surface area contributed by atoms with E-state index in [9.17, 15) is 0 Å². The van der Waals surface area contributed by atoms with Crippen molar-refractivity contribution in [3.63, 3.8) is 0 Å². The maximum Gasteiger partial charge on any atom is 0.179 e. The Hall–Kier alpha value is -2.69. The van der Waals surface area contributed by atoms with E-state index in [2.05, 4.69) is 25.0 Å². The summed E-state index contributed by atoms with van der Waals surface area (Å²) in [6.07, 6.45) is 4.84. The predicted molar refractivity (Wildman–Crippen MR) is 95.7 cm³/mol. The van der Waals surface area contributed by atoms with Gasteiger partial charge < -0.3 is 19.6 Å². The number of aromatic nitrogens is 2. The van der Waals surface area contributed by atoms with Crippen molar-refractivity contribution in [1.82, 2.24) is 9.38 Å². The molecule has 0 aliphatic carbocycles. The van der Waals surface area contributed by atoms with Gasteiger partial charge in [0.25, 0.3) is 0 Å². The lowest BCUT2D eigenvalue weighted by molar-refractivity contribution is 0.248. The van der Waals surface area contributed by atoms with E-state index in [-0.39, 0.29) is 0 Å². The number of nitrogen functional groups attached to an aromatic ring is 1. The Morgan fingerprint density at radius 1 is 1.08 bits per heavy atom. The van der Waals surface area contributed by atoms with Crippen molar-refractivity contribution in [3.8, 4) is 11.5 Å². The molecule has 5 heteroatoms. The summed E-state index contributed by atoms with van der Waals surface area (Å²) in [7, 11) is 0. The molecule has 3 rings (SSSR count). The zero-order valence-corrected chi connectivity index (χ0v) is 14.1. The van der Waals surface area contributed by atoms with Gasteiger partial charge in [0.05, 0.1) is 18.9 Å². The predicted octanol–water partition coefficient (Wildman–Crippen LogP) is 3.89. The third kappa shape index (κ3) is 3.79. The van der Waals surface area contributed by atoms with Crippen LogP contribution >= 0.6 is 0 Å². The molecule has 24 heavy (non-hydrogen) atoms. The highest BCUT2D eigenvalue weighted by molar-refractivity contribution is 5.54. The summed E-state index contributed by atoms with van der Waals surface area (Å²) >= 11 is 0. The molecule has 3 aromatic rings. The molecule has 1 aromatic carbocycles. The average molecular weight is 325 g/mol. The summed E-state index contributed by atoms with van der Waals surface area (Å²) in [5.74, 6) is 2.02. The number of pyridine rings is 1. The van der Waals surface area contributed by atoms with Crippen LogP contribution in [-0.4, -0.2) is 22.6 Å². The van der Waals surface area contributed by atoms with Gasteiger partial charge in [0.1, 0.15) is 5.75 Å². The molecule has 0 aliphatic rings. The molecule has 126 valence electrons. The Morgan fingerprint density at radius 3 is 2.58 bits per heavy atom.